The van der Waals surface area contributed by atoms with E-state index in [-0.39, 0.29) is 16.5 Å². The van der Waals surface area contributed by atoms with Crippen LogP contribution in [0.5, 0.6) is 0 Å². The summed E-state index contributed by atoms with van der Waals surface area (Å²) in [6.07, 6.45) is 0.600. The molecule has 2 aromatic rings. The first-order valence-corrected chi connectivity index (χ1v) is 8.64. The highest BCUT2D eigenvalue weighted by atomic mass is 35.5. The maximum atomic E-state index is 12.3. The van der Waals surface area contributed by atoms with Gasteiger partial charge in [0.15, 0.2) is 5.60 Å². The van der Waals surface area contributed by atoms with Gasteiger partial charge in [-0.2, -0.15) is 0 Å². The van der Waals surface area contributed by atoms with Crippen LogP contribution >= 0.6 is 23.2 Å². The Bertz CT molecular complexity index is 918. The molecule has 3 rings (SSSR count). The van der Waals surface area contributed by atoms with E-state index in [0.717, 1.165) is 11.3 Å². The number of aryl methyl sites for hydroxylation is 1. The summed E-state index contributed by atoms with van der Waals surface area (Å²) in [5, 5.41) is 14.7. The molecule has 2 heterocycles. The molecule has 134 valence electrons. The third-order valence-corrected chi connectivity index (χ3v) is 5.78. The van der Waals surface area contributed by atoms with Crippen molar-refractivity contribution in [2.24, 2.45) is 12.8 Å². The number of amides is 2. The Labute approximate surface area is 154 Å². The molecular weight excluding hydrogens is 365 g/mol. The van der Waals surface area contributed by atoms with Gasteiger partial charge in [-0.15, -0.1) is 0 Å². The van der Waals surface area contributed by atoms with Crippen molar-refractivity contribution >= 4 is 45.9 Å². The van der Waals surface area contributed by atoms with Crippen molar-refractivity contribution in [3.8, 4) is 0 Å². The van der Waals surface area contributed by atoms with Crippen LogP contribution in [0.4, 0.5) is 0 Å². The number of aliphatic hydroxyl groups is 1. The molecule has 25 heavy (non-hydrogen) atoms. The molecule has 1 aromatic carbocycles. The quantitative estimate of drug-likeness (QED) is 0.738. The molecule has 1 aliphatic rings. The van der Waals surface area contributed by atoms with Crippen LogP contribution in [-0.2, 0) is 28.7 Å². The Morgan fingerprint density at radius 3 is 2.72 bits per heavy atom. The first-order chi connectivity index (χ1) is 11.6. The Kier molecular flexibility index (Phi) is 4.26. The number of primary amides is 1. The van der Waals surface area contributed by atoms with Crippen molar-refractivity contribution in [3.05, 3.63) is 32.9 Å². The van der Waals surface area contributed by atoms with Gasteiger partial charge in [-0.25, -0.2) is 0 Å². The fourth-order valence-electron chi connectivity index (χ4n) is 3.53. The molecule has 1 aliphatic heterocycles. The number of nitrogens with one attached hydrogen (secondary N) is 1. The summed E-state index contributed by atoms with van der Waals surface area (Å²) in [6.45, 7) is 3.59. The zero-order valence-electron chi connectivity index (χ0n) is 14.1. The van der Waals surface area contributed by atoms with Gasteiger partial charge in [-0.05, 0) is 25.5 Å². The summed E-state index contributed by atoms with van der Waals surface area (Å²) in [6, 6.07) is 1.45. The van der Waals surface area contributed by atoms with Crippen LogP contribution in [0.25, 0.3) is 10.9 Å². The van der Waals surface area contributed by atoms with Crippen molar-refractivity contribution in [2.45, 2.75) is 31.8 Å². The predicted molar refractivity (Wildman–Crippen MR) is 96.8 cm³/mol. The van der Waals surface area contributed by atoms with Gasteiger partial charge in [0.2, 0.25) is 5.91 Å². The molecule has 0 aliphatic carbocycles. The predicted octanol–water partition coefficient (Wildman–Crippen LogP) is 1.95. The number of hydrogen-bond acceptors (Lipinski definition) is 3. The van der Waals surface area contributed by atoms with Crippen LogP contribution in [-0.4, -0.2) is 28.0 Å². The Balaban J connectivity index is 2.53. The molecule has 4 N–H and O–H groups in total. The Morgan fingerprint density at radius 2 is 2.12 bits per heavy atom. The standard InChI is InChI=1S/C17H19Cl2N3O3/c1-7-11-10(4-5-21-15(7)23)22(3)14-12(11)8(6-9(18)13(14)19)17(2,25)16(20)24/h6-7,25H,4-5H2,1-3H3,(H2,20,24)(H,21,23)/t7-,17?/m1/s1. The molecule has 2 amide bonds. The average Bonchev–Trinajstić information content (AvgIpc) is 2.73. The lowest BCUT2D eigenvalue weighted by molar-refractivity contribution is -0.135. The summed E-state index contributed by atoms with van der Waals surface area (Å²) in [5.41, 5.74) is 5.93. The minimum Gasteiger partial charge on any atom is -0.376 e. The SMILES string of the molecule is C[C@H]1C(=O)NCCc2c1c1c(C(C)(O)C(N)=O)cc(Cl)c(Cl)c1n2C. The summed E-state index contributed by atoms with van der Waals surface area (Å²) < 4.78 is 1.87. The van der Waals surface area contributed by atoms with Crippen molar-refractivity contribution in [1.82, 2.24) is 9.88 Å². The highest BCUT2D eigenvalue weighted by molar-refractivity contribution is 6.45. The van der Waals surface area contributed by atoms with Crippen LogP contribution < -0.4 is 11.1 Å². The van der Waals surface area contributed by atoms with Crippen LogP contribution in [0, 0.1) is 0 Å². The van der Waals surface area contributed by atoms with E-state index in [1.165, 1.54) is 13.0 Å². The lowest BCUT2D eigenvalue weighted by Crippen LogP contribution is -2.38. The highest BCUT2D eigenvalue weighted by Gasteiger charge is 2.37. The largest absolute Gasteiger partial charge is 0.376 e. The molecule has 2 atom stereocenters. The maximum Gasteiger partial charge on any atom is 0.253 e. The fourth-order valence-corrected chi connectivity index (χ4v) is 4.01. The lowest BCUT2D eigenvalue weighted by Gasteiger charge is -2.23. The van der Waals surface area contributed by atoms with Crippen molar-refractivity contribution in [3.63, 3.8) is 0 Å². The van der Waals surface area contributed by atoms with E-state index >= 15 is 0 Å². The summed E-state index contributed by atoms with van der Waals surface area (Å²) in [4.78, 5) is 24.2. The molecule has 8 heteroatoms. The van der Waals surface area contributed by atoms with Gasteiger partial charge in [0.1, 0.15) is 0 Å². The number of halogens is 2. The topological polar surface area (TPSA) is 97.3 Å². The van der Waals surface area contributed by atoms with Gasteiger partial charge in [-0.3, -0.25) is 9.59 Å². The van der Waals surface area contributed by atoms with Gasteiger partial charge < -0.3 is 20.7 Å². The zero-order valence-corrected chi connectivity index (χ0v) is 15.6. The maximum absolute atomic E-state index is 12.3. The number of fused-ring (bicyclic) bond motifs is 3. The smallest absolute Gasteiger partial charge is 0.253 e. The van der Waals surface area contributed by atoms with E-state index in [4.69, 9.17) is 28.9 Å². The van der Waals surface area contributed by atoms with Gasteiger partial charge in [-0.1, -0.05) is 23.2 Å². The van der Waals surface area contributed by atoms with Crippen molar-refractivity contribution < 1.29 is 14.7 Å². The summed E-state index contributed by atoms with van der Waals surface area (Å²) in [7, 11) is 1.83. The van der Waals surface area contributed by atoms with E-state index in [1.54, 1.807) is 6.92 Å². The normalized spacial score (nSPS) is 19.9. The number of hydrogen-bond donors (Lipinski definition) is 3. The van der Waals surface area contributed by atoms with E-state index in [9.17, 15) is 14.7 Å². The molecule has 0 radical (unpaired) electrons. The number of nitrogens with two attached hydrogens (primary N) is 1. The van der Waals surface area contributed by atoms with Crippen LogP contribution in [0.1, 0.15) is 36.6 Å². The summed E-state index contributed by atoms with van der Waals surface area (Å²) in [5.74, 6) is -1.50. The van der Waals surface area contributed by atoms with E-state index in [1.807, 2.05) is 11.6 Å². The Morgan fingerprint density at radius 1 is 1.48 bits per heavy atom. The second-order valence-corrected chi connectivity index (χ2v) is 7.35. The molecule has 1 unspecified atom stereocenters. The fraction of sp³-hybridized carbons (Fsp3) is 0.412. The molecule has 1 aromatic heterocycles. The third kappa shape index (κ3) is 2.51. The first-order valence-electron chi connectivity index (χ1n) is 7.88. The third-order valence-electron chi connectivity index (χ3n) is 5.01. The molecular formula is C17H19Cl2N3O3. The van der Waals surface area contributed by atoms with Gasteiger partial charge in [0.05, 0.1) is 21.5 Å². The first kappa shape index (κ1) is 18.0. The van der Waals surface area contributed by atoms with E-state index in [0.29, 0.717) is 28.9 Å². The second-order valence-electron chi connectivity index (χ2n) is 6.56. The minimum atomic E-state index is -1.95. The van der Waals surface area contributed by atoms with Crippen LogP contribution in [0.2, 0.25) is 10.0 Å². The molecule has 0 fully saturated rings. The van der Waals surface area contributed by atoms with Crippen molar-refractivity contribution in [2.75, 3.05) is 6.54 Å². The minimum absolute atomic E-state index is 0.123. The van der Waals surface area contributed by atoms with Gasteiger partial charge in [0.25, 0.3) is 5.91 Å². The van der Waals surface area contributed by atoms with Gasteiger partial charge >= 0.3 is 0 Å². The summed E-state index contributed by atoms with van der Waals surface area (Å²) >= 11 is 12.7. The molecule has 0 spiro atoms. The number of aromatic nitrogens is 1. The number of carbonyl (C=O) groups is 2. The van der Waals surface area contributed by atoms with Crippen LogP contribution in [0.3, 0.4) is 0 Å². The lowest BCUT2D eigenvalue weighted by atomic mass is 9.87. The second kappa shape index (κ2) is 5.90. The average molecular weight is 384 g/mol. The number of benzene rings is 1. The number of rotatable bonds is 2. The van der Waals surface area contributed by atoms with E-state index < -0.39 is 17.4 Å². The zero-order chi connectivity index (χ0) is 18.7. The highest BCUT2D eigenvalue weighted by Crippen LogP contribution is 2.44. The number of nitrogens with zero attached hydrogens (tertiary/aromatic N) is 1. The number of carbonyl (C=O) groups excluding carboxylic acids is 2. The monoisotopic (exact) mass is 383 g/mol. The molecule has 0 saturated heterocycles. The molecule has 0 saturated carbocycles. The van der Waals surface area contributed by atoms with Crippen molar-refractivity contribution in [1.29, 1.82) is 0 Å². The Hall–Kier alpha value is -1.76. The van der Waals surface area contributed by atoms with Gasteiger partial charge in [0, 0.05) is 36.7 Å². The van der Waals surface area contributed by atoms with Crippen LogP contribution in [0.15, 0.2) is 6.07 Å². The van der Waals surface area contributed by atoms with E-state index in [2.05, 4.69) is 5.32 Å². The molecule has 0 bridgehead atoms. The molecule has 6 nitrogen and oxygen atoms in total.